The van der Waals surface area contributed by atoms with Gasteiger partial charge >= 0.3 is 18.3 Å². The van der Waals surface area contributed by atoms with E-state index >= 15 is 0 Å². The van der Waals surface area contributed by atoms with E-state index < -0.39 is 153 Å². The minimum absolute atomic E-state index is 0.00401. The van der Waals surface area contributed by atoms with Gasteiger partial charge in [-0.15, -0.1) is 0 Å². The molecule has 4 aliphatic rings. The summed E-state index contributed by atoms with van der Waals surface area (Å²) in [6.07, 6.45) is -2.58. The van der Waals surface area contributed by atoms with Gasteiger partial charge in [0.05, 0.1) is 105 Å². The van der Waals surface area contributed by atoms with Gasteiger partial charge in [0.15, 0.2) is 18.9 Å². The van der Waals surface area contributed by atoms with Crippen molar-refractivity contribution in [2.45, 2.75) is 336 Å². The number of alkyl carbamates (subject to hydrolysis) is 3. The number of methoxy groups -OCH3 is 2. The van der Waals surface area contributed by atoms with Crippen LogP contribution in [-0.2, 0) is 105 Å². The zero-order valence-corrected chi connectivity index (χ0v) is 82.3. The number of ether oxygens (including phenoxy) is 13. The van der Waals surface area contributed by atoms with Crippen LogP contribution < -0.4 is 53.2 Å². The van der Waals surface area contributed by atoms with Gasteiger partial charge in [0, 0.05) is 143 Å². The summed E-state index contributed by atoms with van der Waals surface area (Å²) in [4.78, 5) is 154. The number of ketones is 1. The molecule has 45 nitrogen and oxygen atoms in total. The van der Waals surface area contributed by atoms with Crippen molar-refractivity contribution in [3.05, 3.63) is 0 Å². The number of likely N-dealkylation sites (tertiary alicyclic amines) is 1. The van der Waals surface area contributed by atoms with E-state index in [1.165, 1.54) is 20.8 Å². The van der Waals surface area contributed by atoms with Crippen LogP contribution in [0.15, 0.2) is 0 Å². The van der Waals surface area contributed by atoms with Gasteiger partial charge in [0.2, 0.25) is 47.3 Å². The predicted octanol–water partition coefficient (Wildman–Crippen LogP) is 0.589. The molecule has 137 heavy (non-hydrogen) atoms. The number of amides is 11. The second-order valence-electron chi connectivity index (χ2n) is 34.6. The van der Waals surface area contributed by atoms with Crippen LogP contribution in [0.3, 0.4) is 0 Å². The van der Waals surface area contributed by atoms with E-state index in [2.05, 4.69) is 53.2 Å². The second-order valence-corrected chi connectivity index (χ2v) is 37.3. The molecule has 0 spiro atoms. The summed E-state index contributed by atoms with van der Waals surface area (Å²) in [7, 11) is 6.57. The molecule has 15 unspecified atom stereocenters. The molecule has 0 aromatic carbocycles. The van der Waals surface area contributed by atoms with E-state index in [1.54, 1.807) is 35.8 Å². The van der Waals surface area contributed by atoms with Crippen LogP contribution in [0.1, 0.15) is 226 Å². The van der Waals surface area contributed by atoms with Crippen LogP contribution in [0.2, 0.25) is 0 Å². The summed E-state index contributed by atoms with van der Waals surface area (Å²) in [6.45, 7) is 5.97. The number of rotatable bonds is 77. The summed E-state index contributed by atoms with van der Waals surface area (Å²) in [5.41, 5.74) is -1.01. The average molecular weight is 2010 g/mol. The minimum atomic E-state index is -1.46. The summed E-state index contributed by atoms with van der Waals surface area (Å²) >= 11 is 0. The number of carbonyl (C=O) groups is 12. The van der Waals surface area contributed by atoms with Crippen LogP contribution in [0.4, 0.5) is 14.4 Å². The first-order chi connectivity index (χ1) is 66.0. The number of Topliss-reactive ketones (excluding diaryl/α,β-unsaturated/α-hetero) is 1. The number of nitrogens with zero attached hydrogens (tertiary/aromatic N) is 1. The molecule has 19 N–H and O–H groups in total. The topological polar surface area (TPSA) is 630 Å². The SMILES string of the molecule is COC[C@H]1C[C@H](OC)CN1C(=O)CCCCC(=O)CCCSSCCOCCOCCC(=O)NC(CCCOC(=O)NCCCCCCNC(=O)CCCOC1OC(CO)C(O)C(O)C1NC(C)=O)(CCCOC(=O)NCCCCCCNC(=O)CCCOC1OC(CO)C(O)C(O)C1NC(C)=O)CCCOC(=O)NCCCCCCNC(=O)CCCOC1OC(CO)C(O)C(O)C1NC(C)=O. The molecule has 0 saturated carbocycles. The Bertz CT molecular complexity index is 3150. The zero-order valence-electron chi connectivity index (χ0n) is 80.7. The molecule has 0 bridgehead atoms. The molecule has 17 atom stereocenters. The summed E-state index contributed by atoms with van der Waals surface area (Å²) in [5.74, 6) is -0.758. The summed E-state index contributed by atoms with van der Waals surface area (Å²) in [6, 6.07) is -3.31. The monoisotopic (exact) mass is 2000 g/mol. The first-order valence-corrected chi connectivity index (χ1v) is 51.1. The fourth-order valence-electron chi connectivity index (χ4n) is 15.9. The molecule has 0 aromatic heterocycles. The Morgan fingerprint density at radius 3 is 1.09 bits per heavy atom. The van der Waals surface area contributed by atoms with E-state index in [0.29, 0.717) is 135 Å². The molecule has 4 aliphatic heterocycles. The van der Waals surface area contributed by atoms with Crippen molar-refractivity contribution >= 4 is 92.9 Å². The van der Waals surface area contributed by atoms with Crippen molar-refractivity contribution in [3.63, 3.8) is 0 Å². The molecular weight excluding hydrogens is 1840 g/mol. The van der Waals surface area contributed by atoms with Crippen molar-refractivity contribution in [1.29, 1.82) is 0 Å². The smallest absolute Gasteiger partial charge is 0.407 e. The van der Waals surface area contributed by atoms with Crippen molar-refractivity contribution < 1.29 is 165 Å². The molecule has 4 saturated heterocycles. The van der Waals surface area contributed by atoms with Crippen molar-refractivity contribution in [3.8, 4) is 0 Å². The Kier molecular flexibility index (Phi) is 66.3. The standard InChI is InChI=1S/C90H161N11O34S2/c1-61(105)97-75-81(117)78(114)67(57-102)133-84(75)127-43-20-29-70(109)91-37-14-6-9-17-40-94-87(120)130-46-24-34-90(35-25-47-131-88(121)95-41-18-10-7-15-38-92-71(110)30-21-44-128-85-76(98-62(2)106)82(118)79(115)68(58-103)134-85,36-26-48-132-89(122)96-42-19-11-8-16-39-93-72(111)31-22-45-129-86-77(99-63(3)107)83(119)80(116)69(59-104)135-86)100-73(112)33-49-125-50-51-126-52-54-137-136-53-23-28-65(108)27-12-13-32-74(113)101-56-66(124-5)55-64(101)60-123-4/h64,66-69,75-86,102-104,114-119H,6-60H2,1-5H3,(H,91,109)(H,92,110)(H,93,111)(H,94,120)(H,95,121)(H,96,122)(H,97,105)(H,98,106)(H,99,107)(H,100,112)/t64-,66+,67?,68?,69?,75?,76?,77?,78?,79?,80?,81?,82?,83?,84?,85?,86?,90?/m1/s1. The molecule has 4 heterocycles. The lowest BCUT2D eigenvalue weighted by atomic mass is 9.83. The highest BCUT2D eigenvalue weighted by atomic mass is 33.1. The van der Waals surface area contributed by atoms with Crippen molar-refractivity contribution in [2.75, 3.05) is 164 Å². The number of aliphatic hydroxyl groups is 9. The van der Waals surface area contributed by atoms with Gasteiger partial charge in [-0.2, -0.15) is 0 Å². The minimum Gasteiger partial charge on any atom is -0.450 e. The molecule has 792 valence electrons. The van der Waals surface area contributed by atoms with E-state index in [1.807, 2.05) is 4.90 Å². The molecule has 47 heteroatoms. The quantitative estimate of drug-likeness (QED) is 0.0225. The highest BCUT2D eigenvalue weighted by molar-refractivity contribution is 8.76. The molecule has 4 fully saturated rings. The van der Waals surface area contributed by atoms with Gasteiger partial charge in [-0.3, -0.25) is 43.2 Å². The molecule has 0 aliphatic carbocycles. The van der Waals surface area contributed by atoms with Crippen LogP contribution in [-0.4, -0.2) is 396 Å². The van der Waals surface area contributed by atoms with Crippen molar-refractivity contribution in [2.24, 2.45) is 0 Å². The third-order valence-electron chi connectivity index (χ3n) is 23.2. The van der Waals surface area contributed by atoms with Gasteiger partial charge in [-0.25, -0.2) is 14.4 Å². The Morgan fingerprint density at radius 2 is 0.730 bits per heavy atom. The predicted molar refractivity (Wildman–Crippen MR) is 499 cm³/mol. The van der Waals surface area contributed by atoms with Crippen molar-refractivity contribution in [1.82, 2.24) is 58.1 Å². The number of nitrogens with one attached hydrogen (secondary N) is 10. The van der Waals surface area contributed by atoms with Gasteiger partial charge in [-0.05, 0) is 122 Å². The number of hydrogen-bond acceptors (Lipinski definition) is 36. The lowest BCUT2D eigenvalue weighted by Gasteiger charge is -2.42. The highest BCUT2D eigenvalue weighted by Crippen LogP contribution is 2.30. The second kappa shape index (κ2) is 74.2. The number of hydrogen-bond donors (Lipinski definition) is 19. The first-order valence-electron chi connectivity index (χ1n) is 48.6. The number of carbonyl (C=O) groups excluding carboxylic acids is 12. The van der Waals surface area contributed by atoms with E-state index in [-0.39, 0.29) is 190 Å². The third kappa shape index (κ3) is 53.2. The van der Waals surface area contributed by atoms with E-state index in [0.717, 1.165) is 57.1 Å². The fourth-order valence-corrected chi connectivity index (χ4v) is 17.8. The molecule has 11 amide bonds. The largest absolute Gasteiger partial charge is 0.450 e. The maximum atomic E-state index is 14.1. The summed E-state index contributed by atoms with van der Waals surface area (Å²) < 4.78 is 73.1. The van der Waals surface area contributed by atoms with Crippen LogP contribution in [0, 0.1) is 0 Å². The Labute approximate surface area is 812 Å². The maximum absolute atomic E-state index is 14.1. The van der Waals surface area contributed by atoms with E-state index in [9.17, 15) is 103 Å². The normalized spacial score (nSPS) is 23.5. The maximum Gasteiger partial charge on any atom is 0.407 e. The molecule has 0 aromatic rings. The Morgan fingerprint density at radius 1 is 0.372 bits per heavy atom. The Balaban J connectivity index is 1.27. The van der Waals surface area contributed by atoms with Gasteiger partial charge < -0.3 is 166 Å². The fraction of sp³-hybridized carbons (Fsp3) is 0.867. The lowest BCUT2D eigenvalue weighted by Crippen LogP contribution is -2.64. The van der Waals surface area contributed by atoms with Crippen LogP contribution in [0.5, 0.6) is 0 Å². The Hall–Kier alpha value is -6.82. The van der Waals surface area contributed by atoms with Gasteiger partial charge in [-0.1, -0.05) is 60.1 Å². The average Bonchev–Trinajstić information content (AvgIpc) is 1.36. The van der Waals surface area contributed by atoms with E-state index in [4.69, 9.17) is 61.6 Å². The summed E-state index contributed by atoms with van der Waals surface area (Å²) in [5, 5.41) is 119. The number of aliphatic hydroxyl groups excluding tert-OH is 9. The molecular formula is C90H161N11O34S2. The van der Waals surface area contributed by atoms with Gasteiger partial charge in [0.1, 0.15) is 78.8 Å². The zero-order chi connectivity index (χ0) is 100. The lowest BCUT2D eigenvalue weighted by molar-refractivity contribution is -0.270. The van der Waals surface area contributed by atoms with Crippen LogP contribution in [0.25, 0.3) is 0 Å². The third-order valence-corrected chi connectivity index (χ3v) is 25.7. The van der Waals surface area contributed by atoms with Gasteiger partial charge in [0.25, 0.3) is 0 Å². The number of unbranched alkanes of at least 4 members (excludes halogenated alkanes) is 10. The molecule has 4 rings (SSSR count). The van der Waals surface area contributed by atoms with Crippen LogP contribution >= 0.6 is 21.6 Å². The highest BCUT2D eigenvalue weighted by Gasteiger charge is 2.49. The molecule has 0 radical (unpaired) electrons. The first kappa shape index (κ1) is 122.